The van der Waals surface area contributed by atoms with Crippen LogP contribution in [0.25, 0.3) is 0 Å². The van der Waals surface area contributed by atoms with E-state index in [-0.39, 0.29) is 24.0 Å². The first-order valence-electron chi connectivity index (χ1n) is 9.84. The zero-order valence-electron chi connectivity index (χ0n) is 16.7. The monoisotopic (exact) mass is 514 g/mol. The minimum atomic E-state index is 0. The van der Waals surface area contributed by atoms with E-state index < -0.39 is 0 Å². The number of guanidine groups is 1. The molecule has 3 rings (SSSR count). The fourth-order valence-corrected chi connectivity index (χ4v) is 3.95. The van der Waals surface area contributed by atoms with Gasteiger partial charge in [-0.3, -0.25) is 4.99 Å². The van der Waals surface area contributed by atoms with Crippen molar-refractivity contribution in [2.45, 2.75) is 58.1 Å². The average molecular weight is 514 g/mol. The van der Waals surface area contributed by atoms with E-state index in [9.17, 15) is 0 Å². The molecule has 1 aromatic heterocycles. The van der Waals surface area contributed by atoms with Crippen molar-refractivity contribution in [2.24, 2.45) is 4.99 Å². The lowest BCUT2D eigenvalue weighted by Crippen LogP contribution is -2.37. The Balaban J connectivity index is 0.00000280. The fraction of sp³-hybridized carbons (Fsp3) is 0.524. The van der Waals surface area contributed by atoms with Gasteiger partial charge in [-0.1, -0.05) is 18.6 Å². The standard InChI is InChI=1S/C21H30N4OS.HI/c1-16-25-18(15-27-16)12-13-23-21(22-2)24-14-17-8-10-20(11-9-17)26-19-6-4-3-5-7-19;/h8-11,15,19H,3-7,12-14H2,1-2H3,(H2,22,23,24);1H. The van der Waals surface area contributed by atoms with Gasteiger partial charge in [0, 0.05) is 31.9 Å². The summed E-state index contributed by atoms with van der Waals surface area (Å²) >= 11 is 1.69. The van der Waals surface area contributed by atoms with Crippen LogP contribution in [0.4, 0.5) is 0 Å². The first-order valence-corrected chi connectivity index (χ1v) is 10.7. The molecule has 0 aliphatic heterocycles. The Morgan fingerprint density at radius 2 is 1.93 bits per heavy atom. The van der Waals surface area contributed by atoms with Crippen LogP contribution in [0, 0.1) is 6.92 Å². The normalized spacial score (nSPS) is 15.0. The summed E-state index contributed by atoms with van der Waals surface area (Å²) in [5, 5.41) is 9.93. The Bertz CT molecular complexity index is 726. The van der Waals surface area contributed by atoms with Gasteiger partial charge in [-0.15, -0.1) is 35.3 Å². The predicted molar refractivity (Wildman–Crippen MR) is 128 cm³/mol. The third-order valence-electron chi connectivity index (χ3n) is 4.80. The van der Waals surface area contributed by atoms with Gasteiger partial charge in [0.25, 0.3) is 0 Å². The van der Waals surface area contributed by atoms with Gasteiger partial charge in [-0.25, -0.2) is 4.98 Å². The van der Waals surface area contributed by atoms with Crippen LogP contribution in [-0.2, 0) is 13.0 Å². The highest BCUT2D eigenvalue weighted by molar-refractivity contribution is 14.0. The van der Waals surface area contributed by atoms with E-state index >= 15 is 0 Å². The Hall–Kier alpha value is -1.35. The maximum atomic E-state index is 6.09. The lowest BCUT2D eigenvalue weighted by molar-refractivity contribution is 0.155. The molecule has 5 nitrogen and oxygen atoms in total. The summed E-state index contributed by atoms with van der Waals surface area (Å²) in [6.07, 6.45) is 7.60. The number of ether oxygens (including phenoxy) is 1. The fourth-order valence-electron chi connectivity index (χ4n) is 3.30. The minimum absolute atomic E-state index is 0. The van der Waals surface area contributed by atoms with Crippen LogP contribution < -0.4 is 15.4 Å². The average Bonchev–Trinajstić information content (AvgIpc) is 3.11. The van der Waals surface area contributed by atoms with Crippen molar-refractivity contribution in [3.8, 4) is 5.75 Å². The maximum absolute atomic E-state index is 6.09. The Morgan fingerprint density at radius 1 is 1.18 bits per heavy atom. The van der Waals surface area contributed by atoms with Crippen LogP contribution in [0.5, 0.6) is 5.75 Å². The molecule has 1 heterocycles. The number of aromatic nitrogens is 1. The van der Waals surface area contributed by atoms with Gasteiger partial charge in [-0.05, 0) is 50.3 Å². The summed E-state index contributed by atoms with van der Waals surface area (Å²) in [6.45, 7) is 3.59. The molecule has 154 valence electrons. The lowest BCUT2D eigenvalue weighted by Gasteiger charge is -2.23. The van der Waals surface area contributed by atoms with E-state index in [2.05, 4.69) is 50.3 Å². The molecule has 1 aliphatic rings. The smallest absolute Gasteiger partial charge is 0.191 e. The first-order chi connectivity index (χ1) is 13.2. The number of hydrogen-bond acceptors (Lipinski definition) is 4. The predicted octanol–water partition coefficient (Wildman–Crippen LogP) is 4.69. The number of thiazole rings is 1. The van der Waals surface area contributed by atoms with E-state index in [4.69, 9.17) is 4.74 Å². The highest BCUT2D eigenvalue weighted by Crippen LogP contribution is 2.23. The highest BCUT2D eigenvalue weighted by Gasteiger charge is 2.14. The number of halogens is 1. The van der Waals surface area contributed by atoms with Crippen molar-refractivity contribution < 1.29 is 4.74 Å². The van der Waals surface area contributed by atoms with Crippen molar-refractivity contribution in [1.82, 2.24) is 15.6 Å². The largest absolute Gasteiger partial charge is 0.490 e. The topological polar surface area (TPSA) is 58.5 Å². The zero-order chi connectivity index (χ0) is 18.9. The zero-order valence-corrected chi connectivity index (χ0v) is 19.9. The molecule has 0 spiro atoms. The van der Waals surface area contributed by atoms with E-state index in [0.29, 0.717) is 6.10 Å². The molecule has 0 saturated heterocycles. The second-order valence-corrected chi connectivity index (χ2v) is 8.04. The molecule has 0 atom stereocenters. The number of hydrogen-bond donors (Lipinski definition) is 2. The highest BCUT2D eigenvalue weighted by atomic mass is 127. The summed E-state index contributed by atoms with van der Waals surface area (Å²) < 4.78 is 6.09. The quantitative estimate of drug-likeness (QED) is 0.320. The minimum Gasteiger partial charge on any atom is -0.490 e. The van der Waals surface area contributed by atoms with Crippen LogP contribution in [0.2, 0.25) is 0 Å². The second kappa shape index (κ2) is 12.3. The number of rotatable bonds is 7. The molecule has 0 amide bonds. The molecule has 1 fully saturated rings. The van der Waals surface area contributed by atoms with Crippen LogP contribution in [0.15, 0.2) is 34.6 Å². The first kappa shape index (κ1) is 22.9. The molecule has 7 heteroatoms. The van der Waals surface area contributed by atoms with Crippen LogP contribution in [0.3, 0.4) is 0 Å². The van der Waals surface area contributed by atoms with Crippen molar-refractivity contribution >= 4 is 41.3 Å². The van der Waals surface area contributed by atoms with Gasteiger partial charge in [0.2, 0.25) is 0 Å². The number of nitrogens with one attached hydrogen (secondary N) is 2. The third-order valence-corrected chi connectivity index (χ3v) is 5.62. The molecule has 1 saturated carbocycles. The number of nitrogens with zero attached hydrogens (tertiary/aromatic N) is 2. The maximum Gasteiger partial charge on any atom is 0.191 e. The van der Waals surface area contributed by atoms with Gasteiger partial charge in [-0.2, -0.15) is 0 Å². The molecule has 0 unspecified atom stereocenters. The van der Waals surface area contributed by atoms with Crippen molar-refractivity contribution in [1.29, 1.82) is 0 Å². The number of aryl methyl sites for hydroxylation is 1. The Kier molecular flexibility index (Phi) is 10.0. The van der Waals surface area contributed by atoms with Crippen LogP contribution in [0.1, 0.15) is 48.4 Å². The summed E-state index contributed by atoms with van der Waals surface area (Å²) in [6, 6.07) is 8.39. The molecular weight excluding hydrogens is 483 g/mol. The van der Waals surface area contributed by atoms with E-state index in [1.807, 2.05) is 6.92 Å². The number of benzene rings is 1. The molecule has 2 N–H and O–H groups in total. The number of aliphatic imine (C=N–C) groups is 1. The molecular formula is C21H31IN4OS. The summed E-state index contributed by atoms with van der Waals surface area (Å²) in [4.78, 5) is 8.77. The third kappa shape index (κ3) is 7.58. The lowest BCUT2D eigenvalue weighted by atomic mass is 9.98. The van der Waals surface area contributed by atoms with E-state index in [1.54, 1.807) is 18.4 Å². The SMILES string of the molecule is CN=C(NCCc1csc(C)n1)NCc1ccc(OC2CCCCC2)cc1.I. The van der Waals surface area contributed by atoms with Gasteiger partial charge in [0.1, 0.15) is 5.75 Å². The molecule has 0 radical (unpaired) electrons. The van der Waals surface area contributed by atoms with Crippen LogP contribution in [-0.4, -0.2) is 30.6 Å². The van der Waals surface area contributed by atoms with E-state index in [1.165, 1.54) is 37.7 Å². The molecule has 28 heavy (non-hydrogen) atoms. The van der Waals surface area contributed by atoms with E-state index in [0.717, 1.165) is 41.9 Å². The van der Waals surface area contributed by atoms with Crippen molar-refractivity contribution in [2.75, 3.05) is 13.6 Å². The molecule has 0 bridgehead atoms. The van der Waals surface area contributed by atoms with Crippen molar-refractivity contribution in [3.63, 3.8) is 0 Å². The van der Waals surface area contributed by atoms with Gasteiger partial charge >= 0.3 is 0 Å². The summed E-state index contributed by atoms with van der Waals surface area (Å²) in [5.74, 6) is 1.79. The molecule has 2 aromatic rings. The van der Waals surface area contributed by atoms with Gasteiger partial charge < -0.3 is 15.4 Å². The molecule has 1 aromatic carbocycles. The van der Waals surface area contributed by atoms with Gasteiger partial charge in [0.15, 0.2) is 5.96 Å². The summed E-state index contributed by atoms with van der Waals surface area (Å²) in [5.41, 5.74) is 2.35. The van der Waals surface area contributed by atoms with Crippen molar-refractivity contribution in [3.05, 3.63) is 45.9 Å². The summed E-state index contributed by atoms with van der Waals surface area (Å²) in [7, 11) is 1.80. The molecule has 1 aliphatic carbocycles. The van der Waals surface area contributed by atoms with Gasteiger partial charge in [0.05, 0.1) is 16.8 Å². The Labute approximate surface area is 189 Å². The van der Waals surface area contributed by atoms with Crippen LogP contribution >= 0.6 is 35.3 Å². The second-order valence-electron chi connectivity index (χ2n) is 6.98. The Morgan fingerprint density at radius 3 is 2.57 bits per heavy atom.